The van der Waals surface area contributed by atoms with E-state index in [1.807, 2.05) is 13.8 Å². The number of oxazole rings is 1. The van der Waals surface area contributed by atoms with Crippen molar-refractivity contribution in [3.05, 3.63) is 17.8 Å². The highest BCUT2D eigenvalue weighted by atomic mass is 16.5. The summed E-state index contributed by atoms with van der Waals surface area (Å²) in [7, 11) is 1.28. The molecule has 0 aliphatic rings. The van der Waals surface area contributed by atoms with Gasteiger partial charge >= 0.3 is 5.97 Å². The summed E-state index contributed by atoms with van der Waals surface area (Å²) in [6.45, 7) is 5.88. The average Bonchev–Trinajstić information content (AvgIpc) is 2.82. The van der Waals surface area contributed by atoms with Crippen molar-refractivity contribution in [3.63, 3.8) is 0 Å². The van der Waals surface area contributed by atoms with Gasteiger partial charge in [0, 0.05) is 12.5 Å². The molecule has 1 aromatic rings. The van der Waals surface area contributed by atoms with E-state index in [0.717, 1.165) is 0 Å². The van der Waals surface area contributed by atoms with Crippen LogP contribution in [0.3, 0.4) is 0 Å². The van der Waals surface area contributed by atoms with Gasteiger partial charge < -0.3 is 14.1 Å². The molecule has 0 atom stereocenters. The van der Waals surface area contributed by atoms with Gasteiger partial charge in [-0.05, 0) is 13.8 Å². The zero-order chi connectivity index (χ0) is 13.7. The van der Waals surface area contributed by atoms with Gasteiger partial charge in [-0.25, -0.2) is 9.78 Å². The van der Waals surface area contributed by atoms with Crippen LogP contribution in [0.25, 0.3) is 0 Å². The van der Waals surface area contributed by atoms with Gasteiger partial charge in [0.15, 0.2) is 5.69 Å². The first kappa shape index (κ1) is 14.2. The number of methoxy groups -OCH3 is 1. The number of aromatic nitrogens is 1. The molecule has 1 rings (SSSR count). The Bertz CT molecular complexity index is 425. The van der Waals surface area contributed by atoms with Crippen LogP contribution in [0.5, 0.6) is 0 Å². The zero-order valence-corrected chi connectivity index (χ0v) is 11.1. The van der Waals surface area contributed by atoms with Crippen molar-refractivity contribution in [3.8, 4) is 0 Å². The molecule has 1 amide bonds. The minimum absolute atomic E-state index is 0.0165. The average molecular weight is 254 g/mol. The van der Waals surface area contributed by atoms with Crippen LogP contribution in [-0.4, -0.2) is 34.9 Å². The molecule has 0 N–H and O–H groups in total. The second-order valence-corrected chi connectivity index (χ2v) is 4.09. The van der Waals surface area contributed by atoms with Gasteiger partial charge in [-0.15, -0.1) is 0 Å². The fourth-order valence-electron chi connectivity index (χ4n) is 1.49. The van der Waals surface area contributed by atoms with Gasteiger partial charge in [-0.1, -0.05) is 6.92 Å². The number of hydrogen-bond donors (Lipinski definition) is 0. The lowest BCUT2D eigenvalue weighted by Gasteiger charge is -2.24. The van der Waals surface area contributed by atoms with E-state index >= 15 is 0 Å². The standard InChI is InChI=1S/C12H18N2O4/c1-5-11(15)14(8(2)3)6-10-13-9(7-18-10)12(16)17-4/h7-8H,5-6H2,1-4H3. The van der Waals surface area contributed by atoms with Gasteiger partial charge in [0.1, 0.15) is 6.26 Å². The number of amides is 1. The lowest BCUT2D eigenvalue weighted by molar-refractivity contribution is -0.133. The minimum Gasteiger partial charge on any atom is -0.464 e. The number of hydrogen-bond acceptors (Lipinski definition) is 5. The van der Waals surface area contributed by atoms with E-state index in [2.05, 4.69) is 9.72 Å². The first-order valence-corrected chi connectivity index (χ1v) is 5.81. The fraction of sp³-hybridized carbons (Fsp3) is 0.583. The van der Waals surface area contributed by atoms with E-state index in [1.165, 1.54) is 13.4 Å². The normalized spacial score (nSPS) is 10.5. The fourth-order valence-corrected chi connectivity index (χ4v) is 1.49. The van der Waals surface area contributed by atoms with Crippen molar-refractivity contribution >= 4 is 11.9 Å². The number of carbonyl (C=O) groups is 2. The summed E-state index contributed by atoms with van der Waals surface area (Å²) in [6, 6.07) is 0.0472. The lowest BCUT2D eigenvalue weighted by Crippen LogP contribution is -2.35. The SMILES string of the molecule is CCC(=O)N(Cc1nc(C(=O)OC)co1)C(C)C. The molecule has 0 saturated heterocycles. The van der Waals surface area contributed by atoms with E-state index in [4.69, 9.17) is 4.42 Å². The minimum atomic E-state index is -0.553. The summed E-state index contributed by atoms with van der Waals surface area (Å²) < 4.78 is 9.69. The van der Waals surface area contributed by atoms with Gasteiger partial charge in [0.25, 0.3) is 0 Å². The molecule has 0 radical (unpaired) electrons. The van der Waals surface area contributed by atoms with Crippen molar-refractivity contribution in [2.24, 2.45) is 0 Å². The Kier molecular flexibility index (Phi) is 4.88. The summed E-state index contributed by atoms with van der Waals surface area (Å²) in [5.74, 6) is -0.211. The third kappa shape index (κ3) is 3.32. The number of carbonyl (C=O) groups excluding carboxylic acids is 2. The monoisotopic (exact) mass is 254 g/mol. The molecule has 0 unspecified atom stereocenters. The molecule has 0 aliphatic heterocycles. The maximum absolute atomic E-state index is 11.7. The van der Waals surface area contributed by atoms with Crippen molar-refractivity contribution < 1.29 is 18.7 Å². The van der Waals surface area contributed by atoms with Crippen LogP contribution in [0.2, 0.25) is 0 Å². The Morgan fingerprint density at radius 1 is 1.50 bits per heavy atom. The van der Waals surface area contributed by atoms with Crippen LogP contribution >= 0.6 is 0 Å². The van der Waals surface area contributed by atoms with Crippen molar-refractivity contribution in [1.29, 1.82) is 0 Å². The molecule has 0 saturated carbocycles. The number of rotatable bonds is 5. The molecule has 1 heterocycles. The van der Waals surface area contributed by atoms with E-state index < -0.39 is 5.97 Å². The molecule has 0 fully saturated rings. The Hall–Kier alpha value is -1.85. The largest absolute Gasteiger partial charge is 0.464 e. The smallest absolute Gasteiger partial charge is 0.360 e. The Morgan fingerprint density at radius 2 is 2.17 bits per heavy atom. The zero-order valence-electron chi connectivity index (χ0n) is 11.1. The van der Waals surface area contributed by atoms with E-state index in [1.54, 1.807) is 11.8 Å². The summed E-state index contributed by atoms with van der Waals surface area (Å²) in [4.78, 5) is 28.6. The van der Waals surface area contributed by atoms with Crippen LogP contribution < -0.4 is 0 Å². The van der Waals surface area contributed by atoms with Crippen LogP contribution in [0, 0.1) is 0 Å². The molecular weight excluding hydrogens is 236 g/mol. The molecule has 6 nitrogen and oxygen atoms in total. The quantitative estimate of drug-likeness (QED) is 0.746. The van der Waals surface area contributed by atoms with Gasteiger partial charge in [-0.3, -0.25) is 4.79 Å². The molecular formula is C12H18N2O4. The predicted octanol–water partition coefficient (Wildman–Crippen LogP) is 1.61. The van der Waals surface area contributed by atoms with Crippen LogP contribution in [0.1, 0.15) is 43.6 Å². The third-order valence-electron chi connectivity index (χ3n) is 2.50. The van der Waals surface area contributed by atoms with Gasteiger partial charge in [0.2, 0.25) is 11.8 Å². The number of esters is 1. The van der Waals surface area contributed by atoms with E-state index in [9.17, 15) is 9.59 Å². The summed E-state index contributed by atoms with van der Waals surface area (Å²) >= 11 is 0. The molecule has 100 valence electrons. The number of nitrogens with zero attached hydrogens (tertiary/aromatic N) is 2. The van der Waals surface area contributed by atoms with E-state index in [-0.39, 0.29) is 24.2 Å². The summed E-state index contributed by atoms with van der Waals surface area (Å²) in [5.41, 5.74) is 0.111. The van der Waals surface area contributed by atoms with Crippen molar-refractivity contribution in [2.45, 2.75) is 39.8 Å². The summed E-state index contributed by atoms with van der Waals surface area (Å²) in [5, 5.41) is 0. The molecule has 0 aliphatic carbocycles. The van der Waals surface area contributed by atoms with Crippen LogP contribution in [-0.2, 0) is 16.1 Å². The predicted molar refractivity (Wildman–Crippen MR) is 63.8 cm³/mol. The highest BCUT2D eigenvalue weighted by Crippen LogP contribution is 2.10. The third-order valence-corrected chi connectivity index (χ3v) is 2.50. The lowest BCUT2D eigenvalue weighted by atomic mass is 10.3. The molecule has 0 aromatic carbocycles. The topological polar surface area (TPSA) is 72.6 Å². The maximum atomic E-state index is 11.7. The second-order valence-electron chi connectivity index (χ2n) is 4.09. The Morgan fingerprint density at radius 3 is 2.67 bits per heavy atom. The highest BCUT2D eigenvalue weighted by molar-refractivity contribution is 5.86. The Balaban J connectivity index is 2.79. The van der Waals surface area contributed by atoms with Gasteiger partial charge in [-0.2, -0.15) is 0 Å². The maximum Gasteiger partial charge on any atom is 0.360 e. The van der Waals surface area contributed by atoms with E-state index in [0.29, 0.717) is 12.3 Å². The second kappa shape index (κ2) is 6.18. The van der Waals surface area contributed by atoms with Crippen LogP contribution in [0.4, 0.5) is 0 Å². The molecule has 6 heteroatoms. The van der Waals surface area contributed by atoms with Crippen LogP contribution in [0.15, 0.2) is 10.7 Å². The molecule has 1 aromatic heterocycles. The van der Waals surface area contributed by atoms with Crippen molar-refractivity contribution in [2.75, 3.05) is 7.11 Å². The molecule has 0 spiro atoms. The highest BCUT2D eigenvalue weighted by Gasteiger charge is 2.19. The molecule has 0 bridgehead atoms. The van der Waals surface area contributed by atoms with Crippen molar-refractivity contribution in [1.82, 2.24) is 9.88 Å². The van der Waals surface area contributed by atoms with Gasteiger partial charge in [0.05, 0.1) is 13.7 Å². The Labute approximate surface area is 106 Å². The first-order valence-electron chi connectivity index (χ1n) is 5.81. The molecule has 18 heavy (non-hydrogen) atoms. The first-order chi connectivity index (χ1) is 8.49. The number of ether oxygens (including phenoxy) is 1. The summed E-state index contributed by atoms with van der Waals surface area (Å²) in [6.07, 6.45) is 1.65.